The van der Waals surface area contributed by atoms with Crippen molar-refractivity contribution in [3.8, 4) is 11.8 Å². The summed E-state index contributed by atoms with van der Waals surface area (Å²) in [5.41, 5.74) is 0.988. The number of rotatable bonds is 4. The zero-order valence-electron chi connectivity index (χ0n) is 15.3. The summed E-state index contributed by atoms with van der Waals surface area (Å²) in [6.45, 7) is 2.16. The Morgan fingerprint density at radius 3 is 2.65 bits per heavy atom. The molecule has 1 aliphatic rings. The van der Waals surface area contributed by atoms with Crippen molar-refractivity contribution in [2.24, 2.45) is 5.92 Å². The van der Waals surface area contributed by atoms with E-state index in [1.54, 1.807) is 13.2 Å². The molecule has 0 aliphatic heterocycles. The van der Waals surface area contributed by atoms with Gasteiger partial charge in [0.1, 0.15) is 17.4 Å². The lowest BCUT2D eigenvalue weighted by molar-refractivity contribution is -0.118. The summed E-state index contributed by atoms with van der Waals surface area (Å²) in [6.07, 6.45) is 6.13. The van der Waals surface area contributed by atoms with E-state index in [0.717, 1.165) is 41.3 Å². The number of nitrogens with zero attached hydrogens (tertiary/aromatic N) is 1. The number of fused-ring (bicyclic) bond motifs is 1. The molecule has 0 aromatic heterocycles. The number of benzene rings is 2. The minimum absolute atomic E-state index is 0.149. The lowest BCUT2D eigenvalue weighted by Crippen LogP contribution is -2.41. The first-order valence-electron chi connectivity index (χ1n) is 9.11. The van der Waals surface area contributed by atoms with Crippen LogP contribution in [0.2, 0.25) is 0 Å². The van der Waals surface area contributed by atoms with Crippen LogP contribution in [-0.2, 0) is 4.79 Å². The maximum Gasteiger partial charge on any atom is 0.262 e. The van der Waals surface area contributed by atoms with E-state index in [1.165, 1.54) is 6.42 Å². The van der Waals surface area contributed by atoms with Gasteiger partial charge in [-0.2, -0.15) is 5.26 Å². The van der Waals surface area contributed by atoms with Gasteiger partial charge < -0.3 is 10.1 Å². The first-order chi connectivity index (χ1) is 12.6. The molecule has 1 amide bonds. The van der Waals surface area contributed by atoms with Gasteiger partial charge in [-0.05, 0) is 59.4 Å². The van der Waals surface area contributed by atoms with Crippen LogP contribution in [-0.4, -0.2) is 19.1 Å². The van der Waals surface area contributed by atoms with Crippen molar-refractivity contribution in [3.63, 3.8) is 0 Å². The number of nitrogens with one attached hydrogen (secondary N) is 1. The summed E-state index contributed by atoms with van der Waals surface area (Å²) in [5, 5.41) is 14.6. The third kappa shape index (κ3) is 4.05. The first-order valence-corrected chi connectivity index (χ1v) is 9.11. The maximum atomic E-state index is 12.5. The van der Waals surface area contributed by atoms with Crippen molar-refractivity contribution < 1.29 is 9.53 Å². The van der Waals surface area contributed by atoms with E-state index in [4.69, 9.17) is 4.74 Å². The van der Waals surface area contributed by atoms with E-state index in [0.29, 0.717) is 5.92 Å². The van der Waals surface area contributed by atoms with Gasteiger partial charge in [-0.1, -0.05) is 38.0 Å². The third-order valence-corrected chi connectivity index (χ3v) is 5.18. The van der Waals surface area contributed by atoms with Crippen LogP contribution < -0.4 is 10.1 Å². The quantitative estimate of drug-likeness (QED) is 0.656. The standard InChI is InChI=1S/C22H24N2O2/c1-15-5-3-4-6-21(15)24-22(25)19(14-23)12-16-7-8-18-13-20(26-2)10-9-17(18)11-16/h7-13,15,21H,3-6H2,1-2H3,(H,24,25)/b19-12+/t15-,21-/m1/s1. The number of methoxy groups -OCH3 is 1. The molecule has 1 saturated carbocycles. The van der Waals surface area contributed by atoms with Gasteiger partial charge in [0.25, 0.3) is 5.91 Å². The van der Waals surface area contributed by atoms with Crippen LogP contribution >= 0.6 is 0 Å². The molecule has 0 bridgehead atoms. The smallest absolute Gasteiger partial charge is 0.262 e. The largest absolute Gasteiger partial charge is 0.497 e. The second-order valence-electron chi connectivity index (χ2n) is 6.98. The number of hydrogen-bond donors (Lipinski definition) is 1. The lowest BCUT2D eigenvalue weighted by Gasteiger charge is -2.29. The molecule has 0 spiro atoms. The molecule has 0 unspecified atom stereocenters. The molecular formula is C22H24N2O2. The summed E-state index contributed by atoms with van der Waals surface area (Å²) in [6, 6.07) is 13.9. The van der Waals surface area contributed by atoms with Crippen molar-refractivity contribution in [3.05, 3.63) is 47.5 Å². The van der Waals surface area contributed by atoms with E-state index < -0.39 is 0 Å². The molecular weight excluding hydrogens is 324 g/mol. The predicted octanol–water partition coefficient (Wildman–Crippen LogP) is 4.45. The van der Waals surface area contributed by atoms with Gasteiger partial charge in [0.05, 0.1) is 7.11 Å². The Hall–Kier alpha value is -2.80. The minimum atomic E-state index is -0.277. The molecule has 2 atom stereocenters. The summed E-state index contributed by atoms with van der Waals surface area (Å²) in [5.74, 6) is 0.990. The predicted molar refractivity (Wildman–Crippen MR) is 104 cm³/mol. The van der Waals surface area contributed by atoms with E-state index in [-0.39, 0.29) is 17.5 Å². The number of carbonyl (C=O) groups excluding carboxylic acids is 1. The van der Waals surface area contributed by atoms with Gasteiger partial charge in [0.2, 0.25) is 0 Å². The van der Waals surface area contributed by atoms with Gasteiger partial charge in [-0.3, -0.25) is 4.79 Å². The Bertz CT molecular complexity index is 879. The molecule has 26 heavy (non-hydrogen) atoms. The van der Waals surface area contributed by atoms with Crippen molar-refractivity contribution in [1.82, 2.24) is 5.32 Å². The fourth-order valence-corrected chi connectivity index (χ4v) is 3.55. The van der Waals surface area contributed by atoms with Gasteiger partial charge >= 0.3 is 0 Å². The summed E-state index contributed by atoms with van der Waals surface area (Å²) in [7, 11) is 1.64. The van der Waals surface area contributed by atoms with Crippen LogP contribution in [0, 0.1) is 17.2 Å². The highest BCUT2D eigenvalue weighted by molar-refractivity contribution is 6.02. The number of carbonyl (C=O) groups is 1. The second kappa shape index (κ2) is 8.05. The molecule has 0 heterocycles. The van der Waals surface area contributed by atoms with E-state index in [2.05, 4.69) is 18.3 Å². The molecule has 0 saturated heterocycles. The molecule has 0 radical (unpaired) electrons. The van der Waals surface area contributed by atoms with Crippen LogP contribution in [0.4, 0.5) is 0 Å². The summed E-state index contributed by atoms with van der Waals surface area (Å²) >= 11 is 0. The average Bonchev–Trinajstić information content (AvgIpc) is 2.67. The fourth-order valence-electron chi connectivity index (χ4n) is 3.55. The zero-order valence-corrected chi connectivity index (χ0v) is 15.3. The summed E-state index contributed by atoms with van der Waals surface area (Å²) < 4.78 is 5.24. The zero-order chi connectivity index (χ0) is 18.5. The van der Waals surface area contributed by atoms with Crippen LogP contribution in [0.15, 0.2) is 42.0 Å². The molecule has 3 rings (SSSR count). The Kier molecular flexibility index (Phi) is 5.58. The molecule has 2 aromatic rings. The highest BCUT2D eigenvalue weighted by Gasteiger charge is 2.24. The van der Waals surface area contributed by atoms with Crippen molar-refractivity contribution in [2.45, 2.75) is 38.6 Å². The molecule has 2 aromatic carbocycles. The van der Waals surface area contributed by atoms with Gasteiger partial charge in [0.15, 0.2) is 0 Å². The Labute approximate surface area is 154 Å². The molecule has 4 heteroatoms. The second-order valence-corrected chi connectivity index (χ2v) is 6.98. The molecule has 1 N–H and O–H groups in total. The topological polar surface area (TPSA) is 62.1 Å². The Balaban J connectivity index is 1.80. The SMILES string of the molecule is COc1ccc2cc(/C=C(\C#N)C(=O)N[C@@H]3CCCC[C@H]3C)ccc2c1. The Morgan fingerprint density at radius 2 is 1.92 bits per heavy atom. The van der Waals surface area contributed by atoms with Crippen LogP contribution in [0.1, 0.15) is 38.2 Å². The van der Waals surface area contributed by atoms with Gasteiger partial charge in [0, 0.05) is 6.04 Å². The van der Waals surface area contributed by atoms with E-state index in [9.17, 15) is 10.1 Å². The Morgan fingerprint density at radius 1 is 1.19 bits per heavy atom. The lowest BCUT2D eigenvalue weighted by atomic mass is 9.86. The normalized spacial score (nSPS) is 20.4. The van der Waals surface area contributed by atoms with Crippen molar-refractivity contribution >= 4 is 22.8 Å². The molecule has 4 nitrogen and oxygen atoms in total. The van der Waals surface area contributed by atoms with Crippen LogP contribution in [0.5, 0.6) is 5.75 Å². The van der Waals surface area contributed by atoms with E-state index in [1.807, 2.05) is 36.4 Å². The van der Waals surface area contributed by atoms with Gasteiger partial charge in [-0.15, -0.1) is 0 Å². The van der Waals surface area contributed by atoms with Crippen molar-refractivity contribution in [2.75, 3.05) is 7.11 Å². The van der Waals surface area contributed by atoms with Crippen LogP contribution in [0.25, 0.3) is 16.8 Å². The minimum Gasteiger partial charge on any atom is -0.497 e. The average molecular weight is 348 g/mol. The van der Waals surface area contributed by atoms with Gasteiger partial charge in [-0.25, -0.2) is 0 Å². The van der Waals surface area contributed by atoms with Crippen molar-refractivity contribution in [1.29, 1.82) is 5.26 Å². The van der Waals surface area contributed by atoms with E-state index >= 15 is 0 Å². The van der Waals surface area contributed by atoms with Crippen LogP contribution in [0.3, 0.4) is 0 Å². The molecule has 1 fully saturated rings. The first kappa shape index (κ1) is 18.0. The highest BCUT2D eigenvalue weighted by atomic mass is 16.5. The number of ether oxygens (including phenoxy) is 1. The molecule has 134 valence electrons. The maximum absolute atomic E-state index is 12.5. The summed E-state index contributed by atoms with van der Waals surface area (Å²) in [4.78, 5) is 12.5. The molecule has 1 aliphatic carbocycles. The third-order valence-electron chi connectivity index (χ3n) is 5.18. The number of amides is 1. The fraction of sp³-hybridized carbons (Fsp3) is 0.364. The highest BCUT2D eigenvalue weighted by Crippen LogP contribution is 2.25. The monoisotopic (exact) mass is 348 g/mol. The number of hydrogen-bond acceptors (Lipinski definition) is 3. The number of nitriles is 1.